The third-order valence-electron chi connectivity index (χ3n) is 3.01. The van der Waals surface area contributed by atoms with Gasteiger partial charge in [0.15, 0.2) is 0 Å². The quantitative estimate of drug-likeness (QED) is 0.778. The fraction of sp³-hybridized carbons (Fsp3) is 0.538. The number of thiophene rings is 1. The molecule has 0 spiro atoms. The molecule has 0 radical (unpaired) electrons. The largest absolute Gasteiger partial charge is 0.240 e. The molecule has 0 aliphatic carbocycles. The van der Waals surface area contributed by atoms with Crippen molar-refractivity contribution >= 4 is 37.5 Å². The smallest absolute Gasteiger partial charge is 0.127 e. The van der Waals surface area contributed by atoms with E-state index < -0.39 is 0 Å². The number of alkyl halides is 1. The first-order valence-electron chi connectivity index (χ1n) is 5.85. The monoisotopic (exact) mass is 312 g/mol. The molecule has 0 aliphatic heterocycles. The molecule has 92 valence electrons. The Hall–Kier alpha value is -0.480. The van der Waals surface area contributed by atoms with Crippen LogP contribution in [-0.2, 0) is 0 Å². The second kappa shape index (κ2) is 5.02. The zero-order chi connectivity index (χ0) is 12.6. The van der Waals surface area contributed by atoms with Crippen LogP contribution in [0.1, 0.15) is 37.3 Å². The van der Waals surface area contributed by atoms with Crippen molar-refractivity contribution in [2.45, 2.75) is 38.4 Å². The molecule has 0 saturated heterocycles. The van der Waals surface area contributed by atoms with Gasteiger partial charge in [0.2, 0.25) is 0 Å². The average molecular weight is 313 g/mol. The van der Waals surface area contributed by atoms with Crippen molar-refractivity contribution in [2.75, 3.05) is 0 Å². The summed E-state index contributed by atoms with van der Waals surface area (Å²) < 4.78 is 0. The molecule has 17 heavy (non-hydrogen) atoms. The SMILES string of the molecule is Cc1cc2c(C(C(C)C)C(C)Br)ncnc2s1. The molecule has 0 N–H and O–H groups in total. The van der Waals surface area contributed by atoms with Gasteiger partial charge in [-0.25, -0.2) is 9.97 Å². The van der Waals surface area contributed by atoms with E-state index in [2.05, 4.69) is 59.7 Å². The Morgan fingerprint density at radius 2 is 1.94 bits per heavy atom. The highest BCUT2D eigenvalue weighted by Crippen LogP contribution is 2.36. The molecule has 0 fully saturated rings. The van der Waals surface area contributed by atoms with Crippen molar-refractivity contribution in [3.8, 4) is 0 Å². The van der Waals surface area contributed by atoms with Gasteiger partial charge in [0.25, 0.3) is 0 Å². The van der Waals surface area contributed by atoms with Crippen LogP contribution in [0.25, 0.3) is 10.2 Å². The summed E-state index contributed by atoms with van der Waals surface area (Å²) in [6.45, 7) is 8.81. The van der Waals surface area contributed by atoms with Crippen molar-refractivity contribution in [1.82, 2.24) is 9.97 Å². The normalized spacial score (nSPS) is 15.4. The zero-order valence-electron chi connectivity index (χ0n) is 10.6. The van der Waals surface area contributed by atoms with E-state index in [0.29, 0.717) is 16.7 Å². The molecule has 4 heteroatoms. The van der Waals surface area contributed by atoms with Crippen LogP contribution < -0.4 is 0 Å². The highest BCUT2D eigenvalue weighted by molar-refractivity contribution is 9.09. The van der Waals surface area contributed by atoms with Crippen LogP contribution in [0.3, 0.4) is 0 Å². The van der Waals surface area contributed by atoms with E-state index in [1.54, 1.807) is 17.7 Å². The Bertz CT molecular complexity index is 511. The Kier molecular flexibility index (Phi) is 3.83. The summed E-state index contributed by atoms with van der Waals surface area (Å²) in [5.74, 6) is 0.984. The summed E-state index contributed by atoms with van der Waals surface area (Å²) in [4.78, 5) is 11.7. The highest BCUT2D eigenvalue weighted by atomic mass is 79.9. The number of aryl methyl sites for hydroxylation is 1. The maximum absolute atomic E-state index is 4.53. The molecule has 2 aromatic rings. The van der Waals surface area contributed by atoms with Crippen LogP contribution in [0.15, 0.2) is 12.4 Å². The molecule has 0 aliphatic rings. The van der Waals surface area contributed by atoms with E-state index >= 15 is 0 Å². The Balaban J connectivity index is 2.60. The lowest BCUT2D eigenvalue weighted by Gasteiger charge is -2.23. The first-order valence-corrected chi connectivity index (χ1v) is 7.59. The van der Waals surface area contributed by atoms with E-state index in [-0.39, 0.29) is 0 Å². The van der Waals surface area contributed by atoms with Gasteiger partial charge in [0.05, 0.1) is 5.69 Å². The number of fused-ring (bicyclic) bond motifs is 1. The van der Waals surface area contributed by atoms with Gasteiger partial charge in [-0.2, -0.15) is 0 Å². The fourth-order valence-corrected chi connectivity index (χ4v) is 4.04. The van der Waals surface area contributed by atoms with Gasteiger partial charge in [-0.1, -0.05) is 36.7 Å². The van der Waals surface area contributed by atoms with E-state index in [1.165, 1.54) is 16.0 Å². The molecule has 0 aromatic carbocycles. The molecule has 0 bridgehead atoms. The van der Waals surface area contributed by atoms with Crippen molar-refractivity contribution in [3.63, 3.8) is 0 Å². The Morgan fingerprint density at radius 1 is 1.24 bits per heavy atom. The van der Waals surface area contributed by atoms with E-state index in [4.69, 9.17) is 0 Å². The van der Waals surface area contributed by atoms with Gasteiger partial charge in [-0.05, 0) is 18.9 Å². The number of nitrogens with zero attached hydrogens (tertiary/aromatic N) is 2. The van der Waals surface area contributed by atoms with E-state index in [0.717, 1.165) is 4.83 Å². The molecule has 2 unspecified atom stereocenters. The molecular weight excluding hydrogens is 296 g/mol. The van der Waals surface area contributed by atoms with Crippen molar-refractivity contribution in [3.05, 3.63) is 23.0 Å². The number of hydrogen-bond donors (Lipinski definition) is 0. The summed E-state index contributed by atoms with van der Waals surface area (Å²) in [5, 5.41) is 1.22. The van der Waals surface area contributed by atoms with Gasteiger partial charge in [-0.3, -0.25) is 0 Å². The van der Waals surface area contributed by atoms with Gasteiger partial charge >= 0.3 is 0 Å². The van der Waals surface area contributed by atoms with Crippen molar-refractivity contribution in [2.24, 2.45) is 5.92 Å². The molecular formula is C13H17BrN2S. The van der Waals surface area contributed by atoms with Gasteiger partial charge in [-0.15, -0.1) is 11.3 Å². The minimum atomic E-state index is 0.417. The first kappa shape index (κ1) is 13.0. The van der Waals surface area contributed by atoms with Crippen molar-refractivity contribution < 1.29 is 0 Å². The van der Waals surface area contributed by atoms with Crippen LogP contribution in [0.5, 0.6) is 0 Å². The average Bonchev–Trinajstić information content (AvgIpc) is 2.58. The van der Waals surface area contributed by atoms with Gasteiger partial charge in [0, 0.05) is 21.0 Å². The minimum absolute atomic E-state index is 0.417. The van der Waals surface area contributed by atoms with E-state index in [9.17, 15) is 0 Å². The summed E-state index contributed by atoms with van der Waals surface area (Å²) >= 11 is 5.45. The third kappa shape index (κ3) is 2.52. The summed E-state index contributed by atoms with van der Waals surface area (Å²) in [6.07, 6.45) is 1.69. The maximum Gasteiger partial charge on any atom is 0.127 e. The summed E-state index contributed by atoms with van der Waals surface area (Å²) in [6, 6.07) is 2.21. The van der Waals surface area contributed by atoms with Crippen molar-refractivity contribution in [1.29, 1.82) is 0 Å². The highest BCUT2D eigenvalue weighted by Gasteiger charge is 2.24. The van der Waals surface area contributed by atoms with Crippen LogP contribution in [0.2, 0.25) is 0 Å². The summed E-state index contributed by atoms with van der Waals surface area (Å²) in [7, 11) is 0. The topological polar surface area (TPSA) is 25.8 Å². The minimum Gasteiger partial charge on any atom is -0.240 e. The second-order valence-corrected chi connectivity index (χ2v) is 7.46. The van der Waals surface area contributed by atoms with Crippen LogP contribution in [0, 0.1) is 12.8 Å². The molecule has 2 nitrogen and oxygen atoms in total. The zero-order valence-corrected chi connectivity index (χ0v) is 13.0. The second-order valence-electron chi connectivity index (χ2n) is 4.78. The fourth-order valence-electron chi connectivity index (χ4n) is 2.32. The molecule has 2 heterocycles. The molecule has 2 aromatic heterocycles. The lowest BCUT2D eigenvalue weighted by atomic mass is 9.88. The van der Waals surface area contributed by atoms with Crippen LogP contribution in [-0.4, -0.2) is 14.8 Å². The lowest BCUT2D eigenvalue weighted by molar-refractivity contribution is 0.491. The predicted molar refractivity (Wildman–Crippen MR) is 78.1 cm³/mol. The van der Waals surface area contributed by atoms with Gasteiger partial charge in [0.1, 0.15) is 11.2 Å². The molecule has 2 atom stereocenters. The molecule has 2 rings (SSSR count). The van der Waals surface area contributed by atoms with Gasteiger partial charge < -0.3 is 0 Å². The maximum atomic E-state index is 4.53. The Labute approximate surface area is 115 Å². The predicted octanol–water partition coefficient (Wildman–Crippen LogP) is 4.52. The van der Waals surface area contributed by atoms with Crippen LogP contribution >= 0.6 is 27.3 Å². The van der Waals surface area contributed by atoms with E-state index in [1.807, 2.05) is 0 Å². The number of hydrogen-bond acceptors (Lipinski definition) is 3. The third-order valence-corrected chi connectivity index (χ3v) is 4.54. The molecule has 0 amide bonds. The number of halogens is 1. The Morgan fingerprint density at radius 3 is 2.53 bits per heavy atom. The van der Waals surface area contributed by atoms with Crippen LogP contribution in [0.4, 0.5) is 0 Å². The number of aromatic nitrogens is 2. The lowest BCUT2D eigenvalue weighted by Crippen LogP contribution is -2.17. The molecule has 0 saturated carbocycles. The first-order chi connectivity index (χ1) is 8.00. The summed E-state index contributed by atoms with van der Waals surface area (Å²) in [5.41, 5.74) is 1.18. The standard InChI is InChI=1S/C13H17BrN2S/c1-7(2)11(9(4)14)12-10-5-8(3)17-13(10)16-6-15-12/h5-7,9,11H,1-4H3. The number of rotatable bonds is 3.